The first kappa shape index (κ1) is 17.9. The zero-order chi connectivity index (χ0) is 18.1. The van der Waals surface area contributed by atoms with Crippen molar-refractivity contribution in [2.45, 2.75) is 27.3 Å². The zero-order valence-electron chi connectivity index (χ0n) is 14.1. The zero-order valence-corrected chi connectivity index (χ0v) is 17.2. The van der Waals surface area contributed by atoms with Crippen LogP contribution in [0, 0.1) is 20.8 Å². The predicted molar refractivity (Wildman–Crippen MR) is 104 cm³/mol. The highest BCUT2D eigenvalue weighted by molar-refractivity contribution is 9.10. The summed E-state index contributed by atoms with van der Waals surface area (Å²) in [6, 6.07) is 9.12. The van der Waals surface area contributed by atoms with Crippen LogP contribution in [0.15, 0.2) is 43.7 Å². The second-order valence-corrected chi connectivity index (χ2v) is 7.47. The molecule has 0 radical (unpaired) electrons. The van der Waals surface area contributed by atoms with Crippen LogP contribution in [0.25, 0.3) is 0 Å². The molecule has 0 aliphatic carbocycles. The minimum atomic E-state index is -0.275. The normalized spacial score (nSPS) is 10.9. The van der Waals surface area contributed by atoms with E-state index >= 15 is 0 Å². The second kappa shape index (κ2) is 7.17. The van der Waals surface area contributed by atoms with E-state index in [0.29, 0.717) is 12.3 Å². The minimum Gasteiger partial charge on any atom is -0.454 e. The van der Waals surface area contributed by atoms with Crippen LogP contribution in [0.4, 0.5) is 5.69 Å². The number of hydrogen-bond donors (Lipinski definition) is 1. The van der Waals surface area contributed by atoms with Crippen LogP contribution < -0.4 is 5.32 Å². The summed E-state index contributed by atoms with van der Waals surface area (Å²) in [6.07, 6.45) is 0. The molecular weight excluding hydrogens is 450 g/mol. The van der Waals surface area contributed by atoms with Gasteiger partial charge in [-0.3, -0.25) is 9.48 Å². The number of hydrogen-bond acceptors (Lipinski definition) is 3. The Balaban J connectivity index is 1.73. The lowest BCUT2D eigenvalue weighted by atomic mass is 10.2. The van der Waals surface area contributed by atoms with Crippen LogP contribution in [0.3, 0.4) is 0 Å². The van der Waals surface area contributed by atoms with Crippen molar-refractivity contribution in [2.75, 3.05) is 5.32 Å². The van der Waals surface area contributed by atoms with Gasteiger partial charge < -0.3 is 9.73 Å². The van der Waals surface area contributed by atoms with E-state index in [1.54, 1.807) is 12.1 Å². The molecule has 3 aromatic rings. The number of nitrogens with zero attached hydrogens (tertiary/aromatic N) is 2. The fraction of sp³-hybridized carbons (Fsp3) is 0.222. The van der Waals surface area contributed by atoms with Gasteiger partial charge in [0.2, 0.25) is 0 Å². The predicted octanol–water partition coefficient (Wildman–Crippen LogP) is 5.23. The number of rotatable bonds is 4. The van der Waals surface area contributed by atoms with E-state index in [1.165, 1.54) is 0 Å². The number of nitrogens with one attached hydrogen (secondary N) is 1. The van der Waals surface area contributed by atoms with E-state index in [-0.39, 0.29) is 11.7 Å². The van der Waals surface area contributed by atoms with Gasteiger partial charge in [-0.1, -0.05) is 15.9 Å². The Kier molecular flexibility index (Phi) is 5.15. The summed E-state index contributed by atoms with van der Waals surface area (Å²) in [5.41, 5.74) is 3.72. The van der Waals surface area contributed by atoms with Gasteiger partial charge in [-0.2, -0.15) is 5.10 Å². The van der Waals surface area contributed by atoms with Crippen molar-refractivity contribution >= 4 is 43.5 Å². The van der Waals surface area contributed by atoms with E-state index in [2.05, 4.69) is 42.3 Å². The third kappa shape index (κ3) is 3.88. The molecule has 2 heterocycles. The summed E-state index contributed by atoms with van der Waals surface area (Å²) in [5, 5.41) is 7.29. The van der Waals surface area contributed by atoms with Gasteiger partial charge in [-0.25, -0.2) is 0 Å². The lowest BCUT2D eigenvalue weighted by Crippen LogP contribution is -2.11. The first-order valence-electron chi connectivity index (χ1n) is 7.71. The highest BCUT2D eigenvalue weighted by Crippen LogP contribution is 2.22. The summed E-state index contributed by atoms with van der Waals surface area (Å²) in [4.78, 5) is 12.4. The third-order valence-electron chi connectivity index (χ3n) is 3.90. The van der Waals surface area contributed by atoms with Gasteiger partial charge >= 0.3 is 0 Å². The molecule has 25 heavy (non-hydrogen) atoms. The molecule has 0 unspecified atom stereocenters. The lowest BCUT2D eigenvalue weighted by molar-refractivity contribution is 0.0994. The monoisotopic (exact) mass is 465 g/mol. The van der Waals surface area contributed by atoms with Crippen molar-refractivity contribution in [3.63, 3.8) is 0 Å². The van der Waals surface area contributed by atoms with Gasteiger partial charge in [-0.15, -0.1) is 0 Å². The van der Waals surface area contributed by atoms with Crippen molar-refractivity contribution in [1.82, 2.24) is 9.78 Å². The Morgan fingerprint density at radius 1 is 1.20 bits per heavy atom. The highest BCUT2D eigenvalue weighted by Gasteiger charge is 2.14. The number of aryl methyl sites for hydroxylation is 2. The summed E-state index contributed by atoms with van der Waals surface area (Å²) in [6.45, 7) is 6.37. The molecule has 3 rings (SSSR count). The molecule has 0 fully saturated rings. The minimum absolute atomic E-state index is 0.274. The van der Waals surface area contributed by atoms with Crippen LogP contribution in [0.2, 0.25) is 0 Å². The number of benzene rings is 1. The molecule has 1 amide bonds. The SMILES string of the molecule is Cc1cc(NC(=O)c2ccc(Cn3nc(C)c(Br)c3C)o2)ccc1Br. The van der Waals surface area contributed by atoms with Crippen LogP contribution in [0.5, 0.6) is 0 Å². The maximum absolute atomic E-state index is 12.4. The largest absolute Gasteiger partial charge is 0.454 e. The fourth-order valence-corrected chi connectivity index (χ4v) is 3.01. The van der Waals surface area contributed by atoms with Crippen molar-refractivity contribution in [3.8, 4) is 0 Å². The van der Waals surface area contributed by atoms with E-state index in [9.17, 15) is 4.79 Å². The number of furan rings is 1. The van der Waals surface area contributed by atoms with Crippen LogP contribution in [-0.2, 0) is 6.54 Å². The summed E-state index contributed by atoms with van der Waals surface area (Å²) < 4.78 is 9.52. The number of amides is 1. The van der Waals surface area contributed by atoms with Crippen molar-refractivity contribution in [3.05, 3.63) is 67.7 Å². The van der Waals surface area contributed by atoms with E-state index in [1.807, 2.05) is 43.7 Å². The molecule has 0 spiro atoms. The summed E-state index contributed by atoms with van der Waals surface area (Å²) in [5.74, 6) is 0.675. The number of anilines is 1. The molecule has 7 heteroatoms. The Morgan fingerprint density at radius 2 is 1.96 bits per heavy atom. The number of aromatic nitrogens is 2. The lowest BCUT2D eigenvalue weighted by Gasteiger charge is -2.06. The van der Waals surface area contributed by atoms with Crippen molar-refractivity contribution in [1.29, 1.82) is 0 Å². The first-order valence-corrected chi connectivity index (χ1v) is 9.29. The van der Waals surface area contributed by atoms with Gasteiger partial charge in [0.1, 0.15) is 5.76 Å². The molecule has 1 aromatic carbocycles. The quantitative estimate of drug-likeness (QED) is 0.572. The molecule has 0 saturated carbocycles. The fourth-order valence-electron chi connectivity index (χ4n) is 2.48. The summed E-state index contributed by atoms with van der Waals surface area (Å²) in [7, 11) is 0. The Labute approximate surface area is 162 Å². The number of carbonyl (C=O) groups is 1. The molecule has 0 aliphatic heterocycles. The number of carbonyl (C=O) groups excluding carboxylic acids is 1. The molecule has 5 nitrogen and oxygen atoms in total. The van der Waals surface area contributed by atoms with Crippen molar-refractivity contribution < 1.29 is 9.21 Å². The van der Waals surface area contributed by atoms with E-state index < -0.39 is 0 Å². The van der Waals surface area contributed by atoms with E-state index in [0.717, 1.165) is 31.6 Å². The highest BCUT2D eigenvalue weighted by atomic mass is 79.9. The second-order valence-electron chi connectivity index (χ2n) is 5.83. The van der Waals surface area contributed by atoms with Crippen LogP contribution in [-0.4, -0.2) is 15.7 Å². The van der Waals surface area contributed by atoms with Crippen molar-refractivity contribution in [2.24, 2.45) is 0 Å². The Bertz CT molecular complexity index is 944. The average molecular weight is 467 g/mol. The molecule has 0 bridgehead atoms. The maximum atomic E-state index is 12.4. The third-order valence-corrected chi connectivity index (χ3v) is 5.94. The maximum Gasteiger partial charge on any atom is 0.291 e. The molecule has 0 atom stereocenters. The molecule has 0 saturated heterocycles. The molecular formula is C18H17Br2N3O2. The molecule has 130 valence electrons. The molecule has 2 aromatic heterocycles. The summed E-state index contributed by atoms with van der Waals surface area (Å²) >= 11 is 6.95. The Hall–Kier alpha value is -1.86. The van der Waals surface area contributed by atoms with E-state index in [4.69, 9.17) is 4.42 Å². The van der Waals surface area contributed by atoms with Gasteiger partial charge in [0.15, 0.2) is 5.76 Å². The Morgan fingerprint density at radius 3 is 2.60 bits per heavy atom. The number of halogens is 2. The van der Waals surface area contributed by atoms with Gasteiger partial charge in [0.05, 0.1) is 22.4 Å². The van der Waals surface area contributed by atoms with Gasteiger partial charge in [0.25, 0.3) is 5.91 Å². The smallest absolute Gasteiger partial charge is 0.291 e. The standard InChI is InChI=1S/C18H17Br2N3O2/c1-10-8-13(4-6-15(10)19)21-18(24)16-7-5-14(25-16)9-23-12(3)17(20)11(2)22-23/h4-8H,9H2,1-3H3,(H,21,24). The first-order chi connectivity index (χ1) is 11.8. The van der Waals surface area contributed by atoms with Gasteiger partial charge in [0, 0.05) is 10.2 Å². The van der Waals surface area contributed by atoms with Gasteiger partial charge in [-0.05, 0) is 72.6 Å². The van der Waals surface area contributed by atoms with Crippen LogP contribution in [0.1, 0.15) is 33.3 Å². The molecule has 1 N–H and O–H groups in total. The molecule has 0 aliphatic rings. The average Bonchev–Trinajstić information content (AvgIpc) is 3.13. The van der Waals surface area contributed by atoms with Crippen LogP contribution >= 0.6 is 31.9 Å². The topological polar surface area (TPSA) is 60.1 Å².